The number of nitrogens with two attached hydrogens (primary N) is 1. The van der Waals surface area contributed by atoms with Gasteiger partial charge in [0.05, 0.1) is 0 Å². The van der Waals surface area contributed by atoms with Crippen molar-refractivity contribution in [3.05, 3.63) is 48.3 Å². The molecule has 18 heavy (non-hydrogen) atoms. The first-order chi connectivity index (χ1) is 8.63. The van der Waals surface area contributed by atoms with Crippen LogP contribution < -0.4 is 16.2 Å². The average Bonchev–Trinajstić information content (AvgIpc) is 2.87. The van der Waals surface area contributed by atoms with Crippen LogP contribution in [0.2, 0.25) is 0 Å². The molecule has 1 heterocycles. The van der Waals surface area contributed by atoms with Gasteiger partial charge < -0.3 is 9.47 Å². The van der Waals surface area contributed by atoms with Gasteiger partial charge in [-0.05, 0) is 36.4 Å². The number of benzene rings is 1. The van der Waals surface area contributed by atoms with Gasteiger partial charge in [-0.3, -0.25) is 10.2 Å². The molecular weight excluding hydrogens is 228 g/mol. The molecule has 0 saturated heterocycles. The van der Waals surface area contributed by atoms with E-state index in [0.717, 1.165) is 11.4 Å². The summed E-state index contributed by atoms with van der Waals surface area (Å²) in [7, 11) is 3.97. The molecule has 0 fully saturated rings. The fourth-order valence-corrected chi connectivity index (χ4v) is 1.78. The zero-order valence-corrected chi connectivity index (χ0v) is 10.4. The van der Waals surface area contributed by atoms with E-state index in [1.807, 2.05) is 55.5 Å². The number of carbonyl (C=O) groups excluding carboxylic acids is 1. The molecule has 2 aromatic rings. The van der Waals surface area contributed by atoms with Gasteiger partial charge in [0, 0.05) is 31.7 Å². The van der Waals surface area contributed by atoms with Gasteiger partial charge in [-0.2, -0.15) is 0 Å². The maximum atomic E-state index is 11.6. The molecule has 5 nitrogen and oxygen atoms in total. The topological polar surface area (TPSA) is 63.3 Å². The van der Waals surface area contributed by atoms with Crippen LogP contribution in [-0.2, 0) is 0 Å². The van der Waals surface area contributed by atoms with E-state index >= 15 is 0 Å². The van der Waals surface area contributed by atoms with E-state index in [0.29, 0.717) is 5.69 Å². The highest BCUT2D eigenvalue weighted by Crippen LogP contribution is 2.17. The zero-order valence-electron chi connectivity index (χ0n) is 10.4. The number of nitrogens with zero attached hydrogens (tertiary/aromatic N) is 2. The maximum Gasteiger partial charge on any atom is 0.282 e. The lowest BCUT2D eigenvalue weighted by Gasteiger charge is -2.14. The smallest absolute Gasteiger partial charge is 0.282 e. The summed E-state index contributed by atoms with van der Waals surface area (Å²) in [5.74, 6) is 4.85. The summed E-state index contributed by atoms with van der Waals surface area (Å²) < 4.78 is 1.79. The zero-order chi connectivity index (χ0) is 13.1. The Kier molecular flexibility index (Phi) is 3.34. The van der Waals surface area contributed by atoms with Gasteiger partial charge in [-0.25, -0.2) is 5.84 Å². The number of anilines is 1. The molecule has 94 valence electrons. The van der Waals surface area contributed by atoms with Crippen LogP contribution in [0.4, 0.5) is 5.69 Å². The van der Waals surface area contributed by atoms with Gasteiger partial charge in [0.15, 0.2) is 0 Å². The number of hydrogen-bond acceptors (Lipinski definition) is 3. The van der Waals surface area contributed by atoms with E-state index in [-0.39, 0.29) is 5.91 Å². The third-order valence-corrected chi connectivity index (χ3v) is 2.76. The van der Waals surface area contributed by atoms with Gasteiger partial charge in [-0.15, -0.1) is 0 Å². The summed E-state index contributed by atoms with van der Waals surface area (Å²) in [4.78, 5) is 13.6. The van der Waals surface area contributed by atoms with Crippen LogP contribution in [0.5, 0.6) is 0 Å². The fourth-order valence-electron chi connectivity index (χ4n) is 1.78. The molecule has 0 aliphatic rings. The van der Waals surface area contributed by atoms with Crippen LogP contribution in [-0.4, -0.2) is 24.6 Å². The van der Waals surface area contributed by atoms with Crippen molar-refractivity contribution in [3.8, 4) is 5.69 Å². The lowest BCUT2D eigenvalue weighted by molar-refractivity contribution is 0.0947. The third-order valence-electron chi connectivity index (χ3n) is 2.76. The minimum atomic E-state index is -0.309. The molecule has 0 bridgehead atoms. The maximum absolute atomic E-state index is 11.6. The van der Waals surface area contributed by atoms with E-state index in [1.54, 1.807) is 10.6 Å². The molecule has 0 aliphatic heterocycles. The van der Waals surface area contributed by atoms with E-state index < -0.39 is 0 Å². The number of hydrazine groups is 1. The predicted molar refractivity (Wildman–Crippen MR) is 71.7 cm³/mol. The molecule has 0 radical (unpaired) electrons. The lowest BCUT2D eigenvalue weighted by Crippen LogP contribution is -2.31. The molecule has 0 atom stereocenters. The van der Waals surface area contributed by atoms with E-state index in [1.165, 1.54) is 0 Å². The van der Waals surface area contributed by atoms with Crippen molar-refractivity contribution in [2.75, 3.05) is 19.0 Å². The summed E-state index contributed by atoms with van der Waals surface area (Å²) in [6.45, 7) is 0. The molecule has 3 N–H and O–H groups in total. The SMILES string of the molecule is CN(C)c1ccc(-n2cccc2C(=O)NN)cc1. The summed E-state index contributed by atoms with van der Waals surface area (Å²) >= 11 is 0. The van der Waals surface area contributed by atoms with Crippen LogP contribution >= 0.6 is 0 Å². The molecule has 1 amide bonds. The normalized spacial score (nSPS) is 10.2. The molecule has 5 heteroatoms. The molecule has 0 aliphatic carbocycles. The fraction of sp³-hybridized carbons (Fsp3) is 0.154. The Bertz CT molecular complexity index is 542. The summed E-state index contributed by atoms with van der Waals surface area (Å²) in [5, 5.41) is 0. The second-order valence-corrected chi connectivity index (χ2v) is 4.15. The second kappa shape index (κ2) is 4.93. The standard InChI is InChI=1S/C13H16N4O/c1-16(2)10-5-7-11(8-6-10)17-9-3-4-12(17)13(18)15-14/h3-9H,14H2,1-2H3,(H,15,18). The third kappa shape index (κ3) is 2.21. The Labute approximate surface area is 106 Å². The molecule has 1 aromatic carbocycles. The predicted octanol–water partition coefficient (Wildman–Crippen LogP) is 1.15. The molecular formula is C13H16N4O. The highest BCUT2D eigenvalue weighted by atomic mass is 16.2. The van der Waals surface area contributed by atoms with E-state index in [2.05, 4.69) is 5.43 Å². The Morgan fingerprint density at radius 2 is 1.89 bits per heavy atom. The van der Waals surface area contributed by atoms with Crippen molar-refractivity contribution >= 4 is 11.6 Å². The molecule has 0 spiro atoms. The molecule has 0 saturated carbocycles. The Balaban J connectivity index is 2.37. The number of nitrogens with one attached hydrogen (secondary N) is 1. The van der Waals surface area contributed by atoms with Gasteiger partial charge in [0.2, 0.25) is 0 Å². The summed E-state index contributed by atoms with van der Waals surface area (Å²) in [6.07, 6.45) is 1.83. The van der Waals surface area contributed by atoms with E-state index in [4.69, 9.17) is 5.84 Å². The van der Waals surface area contributed by atoms with Gasteiger partial charge >= 0.3 is 0 Å². The first-order valence-corrected chi connectivity index (χ1v) is 5.59. The number of carbonyl (C=O) groups is 1. The van der Waals surface area contributed by atoms with Crippen molar-refractivity contribution in [1.82, 2.24) is 9.99 Å². The second-order valence-electron chi connectivity index (χ2n) is 4.15. The Morgan fingerprint density at radius 3 is 2.44 bits per heavy atom. The summed E-state index contributed by atoms with van der Waals surface area (Å²) in [6, 6.07) is 11.5. The van der Waals surface area contributed by atoms with Gasteiger partial charge in [-0.1, -0.05) is 0 Å². The number of amides is 1. The first-order valence-electron chi connectivity index (χ1n) is 5.59. The van der Waals surface area contributed by atoms with Gasteiger partial charge in [0.1, 0.15) is 5.69 Å². The number of hydrogen-bond donors (Lipinski definition) is 2. The number of nitrogen functional groups attached to an aromatic ring is 1. The Hall–Kier alpha value is -2.27. The molecule has 1 aromatic heterocycles. The van der Waals surface area contributed by atoms with E-state index in [9.17, 15) is 4.79 Å². The van der Waals surface area contributed by atoms with Crippen LogP contribution in [0, 0.1) is 0 Å². The van der Waals surface area contributed by atoms with Gasteiger partial charge in [0.25, 0.3) is 5.91 Å². The van der Waals surface area contributed by atoms with Crippen LogP contribution in [0.3, 0.4) is 0 Å². The van der Waals surface area contributed by atoms with Crippen LogP contribution in [0.15, 0.2) is 42.6 Å². The first kappa shape index (κ1) is 12.2. The highest BCUT2D eigenvalue weighted by molar-refractivity contribution is 5.92. The minimum absolute atomic E-state index is 0.309. The minimum Gasteiger partial charge on any atom is -0.378 e. The largest absolute Gasteiger partial charge is 0.378 e. The monoisotopic (exact) mass is 244 g/mol. The number of rotatable bonds is 3. The lowest BCUT2D eigenvalue weighted by atomic mass is 10.2. The van der Waals surface area contributed by atoms with Crippen molar-refractivity contribution < 1.29 is 4.79 Å². The summed E-state index contributed by atoms with van der Waals surface area (Å²) in [5.41, 5.74) is 4.68. The number of aromatic nitrogens is 1. The van der Waals surface area contributed by atoms with Crippen molar-refractivity contribution in [3.63, 3.8) is 0 Å². The van der Waals surface area contributed by atoms with Crippen molar-refractivity contribution in [2.24, 2.45) is 5.84 Å². The molecule has 0 unspecified atom stereocenters. The average molecular weight is 244 g/mol. The highest BCUT2D eigenvalue weighted by Gasteiger charge is 2.10. The molecule has 2 rings (SSSR count). The van der Waals surface area contributed by atoms with Crippen molar-refractivity contribution in [1.29, 1.82) is 0 Å². The van der Waals surface area contributed by atoms with Crippen molar-refractivity contribution in [2.45, 2.75) is 0 Å². The Morgan fingerprint density at radius 1 is 1.22 bits per heavy atom. The van der Waals surface area contributed by atoms with Crippen LogP contribution in [0.1, 0.15) is 10.5 Å². The van der Waals surface area contributed by atoms with Crippen LogP contribution in [0.25, 0.3) is 5.69 Å². The quantitative estimate of drug-likeness (QED) is 0.483.